The molecule has 0 unspecified atom stereocenters. The predicted octanol–water partition coefficient (Wildman–Crippen LogP) is 7.97. The number of amides is 1. The molecule has 0 saturated carbocycles. The molecule has 268 valence electrons. The fraction of sp³-hybridized carbons (Fsp3) is 0.300. The third-order valence-corrected chi connectivity index (χ3v) is 8.05. The molecule has 0 aromatic heterocycles. The molecule has 0 aliphatic rings. The van der Waals surface area contributed by atoms with E-state index in [1.54, 1.807) is 86.6 Å². The van der Waals surface area contributed by atoms with Crippen molar-refractivity contribution in [3.63, 3.8) is 0 Å². The van der Waals surface area contributed by atoms with Crippen molar-refractivity contribution < 1.29 is 46.6 Å². The van der Waals surface area contributed by atoms with E-state index in [0.29, 0.717) is 28.8 Å². The molecule has 8 nitrogen and oxygen atoms in total. The lowest BCUT2D eigenvalue weighted by molar-refractivity contribution is -0.170. The van der Waals surface area contributed by atoms with Crippen molar-refractivity contribution in [1.82, 2.24) is 0 Å². The quantitative estimate of drug-likeness (QED) is 0.0807. The van der Waals surface area contributed by atoms with Crippen LogP contribution < -0.4 is 5.32 Å². The van der Waals surface area contributed by atoms with Gasteiger partial charge in [0.05, 0.1) is 25.2 Å². The highest BCUT2D eigenvalue weighted by Gasteiger charge is 2.52. The molecule has 1 amide bonds. The molecule has 0 aliphatic carbocycles. The van der Waals surface area contributed by atoms with Crippen molar-refractivity contribution in [3.8, 4) is 11.1 Å². The molecule has 0 bridgehead atoms. The second kappa shape index (κ2) is 17.0. The number of halogens is 3. The van der Waals surface area contributed by atoms with Gasteiger partial charge >= 0.3 is 24.1 Å². The van der Waals surface area contributed by atoms with E-state index in [2.05, 4.69) is 5.32 Å². The monoisotopic (exact) mass is 703 g/mol. The van der Waals surface area contributed by atoms with Crippen LogP contribution in [0.3, 0.4) is 0 Å². The topological polar surface area (TPSA) is 108 Å². The lowest BCUT2D eigenvalue weighted by atomic mass is 9.81. The fourth-order valence-corrected chi connectivity index (χ4v) is 5.61. The number of hydrogen-bond acceptors (Lipinski definition) is 7. The first-order valence-electron chi connectivity index (χ1n) is 16.6. The number of hydrogen-bond donors (Lipinski definition) is 1. The number of carbonyl (C=O) groups excluding carboxylic acids is 4. The van der Waals surface area contributed by atoms with Gasteiger partial charge in [0.15, 0.2) is 0 Å². The van der Waals surface area contributed by atoms with Gasteiger partial charge in [0.25, 0.3) is 5.91 Å². The largest absolute Gasteiger partial charge is 0.465 e. The van der Waals surface area contributed by atoms with Gasteiger partial charge in [-0.05, 0) is 78.3 Å². The Morgan fingerprint density at radius 3 is 1.92 bits per heavy atom. The molecule has 0 saturated heterocycles. The number of rotatable bonds is 14. The zero-order valence-electron chi connectivity index (χ0n) is 28.8. The molecule has 0 radical (unpaired) electrons. The summed E-state index contributed by atoms with van der Waals surface area (Å²) in [4.78, 5) is 53.4. The molecule has 0 aliphatic heterocycles. The first-order chi connectivity index (χ1) is 24.3. The predicted molar refractivity (Wildman–Crippen MR) is 186 cm³/mol. The summed E-state index contributed by atoms with van der Waals surface area (Å²) in [5, 5.41) is 2.93. The number of benzene rings is 4. The van der Waals surface area contributed by atoms with Crippen molar-refractivity contribution in [1.29, 1.82) is 0 Å². The van der Waals surface area contributed by atoms with Gasteiger partial charge in [0, 0.05) is 11.3 Å². The molecule has 11 heteroatoms. The van der Waals surface area contributed by atoms with E-state index < -0.39 is 47.6 Å². The van der Waals surface area contributed by atoms with Gasteiger partial charge in [0.2, 0.25) is 5.41 Å². The first-order valence-corrected chi connectivity index (χ1v) is 16.6. The molecule has 4 rings (SSSR count). The van der Waals surface area contributed by atoms with Crippen LogP contribution in [-0.4, -0.2) is 43.6 Å². The van der Waals surface area contributed by atoms with E-state index in [1.807, 2.05) is 13.8 Å². The second-order valence-corrected chi connectivity index (χ2v) is 12.2. The highest BCUT2D eigenvalue weighted by molar-refractivity contribution is 6.09. The highest BCUT2D eigenvalue weighted by Crippen LogP contribution is 2.33. The molecular weight excluding hydrogens is 663 g/mol. The second-order valence-electron chi connectivity index (χ2n) is 12.2. The summed E-state index contributed by atoms with van der Waals surface area (Å²) < 4.78 is 55.5. The standard InChI is InChI=1S/C40H40F3NO7/c1-5-49-37(47)39(38(48)50-6-2,30-12-8-7-9-13-30)25-51-35(45)24-27-16-21-34(29(23-27)22-26(3)4)44-36(46)33-15-11-10-14-32(33)28-17-19-31(20-18-28)40(41,42)43/h7-21,23,26H,5-6,22,24-25H2,1-4H3,(H,44,46). The van der Waals surface area contributed by atoms with Gasteiger partial charge < -0.3 is 19.5 Å². The number of nitrogens with one attached hydrogen (secondary N) is 1. The SMILES string of the molecule is CCOC(=O)C(COC(=O)Cc1ccc(NC(=O)c2ccccc2-c2ccc(C(F)(F)F)cc2)c(CC(C)C)c1)(C(=O)OCC)c1ccccc1. The summed E-state index contributed by atoms with van der Waals surface area (Å²) >= 11 is 0. The zero-order chi connectivity index (χ0) is 37.2. The van der Waals surface area contributed by atoms with Crippen LogP contribution in [0.4, 0.5) is 18.9 Å². The van der Waals surface area contributed by atoms with Crippen molar-refractivity contribution in [2.45, 2.75) is 52.1 Å². The van der Waals surface area contributed by atoms with Crippen LogP contribution in [0.5, 0.6) is 0 Å². The van der Waals surface area contributed by atoms with Gasteiger partial charge in [0.1, 0.15) is 6.61 Å². The van der Waals surface area contributed by atoms with E-state index in [9.17, 15) is 32.3 Å². The number of esters is 3. The molecule has 0 atom stereocenters. The minimum atomic E-state index is -4.48. The van der Waals surface area contributed by atoms with Gasteiger partial charge in [-0.3, -0.25) is 19.2 Å². The maximum atomic E-state index is 13.6. The van der Waals surface area contributed by atoms with Crippen molar-refractivity contribution in [3.05, 3.63) is 125 Å². The third-order valence-electron chi connectivity index (χ3n) is 8.05. The minimum absolute atomic E-state index is 0.0110. The van der Waals surface area contributed by atoms with Gasteiger partial charge in [-0.2, -0.15) is 13.2 Å². The van der Waals surface area contributed by atoms with Crippen LogP contribution in [0.25, 0.3) is 11.1 Å². The zero-order valence-corrected chi connectivity index (χ0v) is 28.8. The molecule has 0 spiro atoms. The van der Waals surface area contributed by atoms with Crippen molar-refractivity contribution >= 4 is 29.5 Å². The van der Waals surface area contributed by atoms with Crippen molar-refractivity contribution in [2.75, 3.05) is 25.1 Å². The Hall–Kier alpha value is -5.45. The van der Waals surface area contributed by atoms with E-state index in [-0.39, 0.29) is 36.7 Å². The Labute approximate surface area is 294 Å². The number of carbonyl (C=O) groups is 4. The number of anilines is 1. The van der Waals surface area contributed by atoms with Crippen LogP contribution >= 0.6 is 0 Å². The van der Waals surface area contributed by atoms with Crippen LogP contribution in [0.2, 0.25) is 0 Å². The van der Waals surface area contributed by atoms with E-state index in [0.717, 1.165) is 17.7 Å². The van der Waals surface area contributed by atoms with E-state index >= 15 is 0 Å². The molecular formula is C40H40F3NO7. The number of ether oxygens (including phenoxy) is 3. The lowest BCUT2D eigenvalue weighted by Gasteiger charge is -2.29. The summed E-state index contributed by atoms with van der Waals surface area (Å²) in [6.45, 7) is 6.54. The van der Waals surface area contributed by atoms with Crippen LogP contribution in [0.15, 0.2) is 97.1 Å². The Morgan fingerprint density at radius 2 is 1.33 bits per heavy atom. The average Bonchev–Trinajstić information content (AvgIpc) is 3.10. The Bertz CT molecular complexity index is 1820. The Balaban J connectivity index is 1.56. The first kappa shape index (κ1) is 38.4. The molecule has 4 aromatic carbocycles. The Kier molecular flexibility index (Phi) is 12.8. The summed E-state index contributed by atoms with van der Waals surface area (Å²) in [6, 6.07) is 24.5. The molecule has 51 heavy (non-hydrogen) atoms. The van der Waals surface area contributed by atoms with E-state index in [1.165, 1.54) is 12.1 Å². The normalized spacial score (nSPS) is 11.5. The smallest absolute Gasteiger partial charge is 0.416 e. The summed E-state index contributed by atoms with van der Waals surface area (Å²) in [6.07, 6.45) is -4.14. The highest BCUT2D eigenvalue weighted by atomic mass is 19.4. The molecule has 0 fully saturated rings. The molecule has 0 heterocycles. The number of alkyl halides is 3. The van der Waals surface area contributed by atoms with Crippen LogP contribution in [-0.2, 0) is 53.0 Å². The Morgan fingerprint density at radius 1 is 0.725 bits per heavy atom. The fourth-order valence-electron chi connectivity index (χ4n) is 5.61. The van der Waals surface area contributed by atoms with Crippen LogP contribution in [0.1, 0.15) is 60.3 Å². The molecule has 4 aromatic rings. The summed E-state index contributed by atoms with van der Waals surface area (Å²) in [7, 11) is 0. The van der Waals surface area contributed by atoms with Gasteiger partial charge in [-0.25, -0.2) is 0 Å². The van der Waals surface area contributed by atoms with Gasteiger partial charge in [-0.15, -0.1) is 0 Å². The molecule has 1 N–H and O–H groups in total. The van der Waals surface area contributed by atoms with Crippen molar-refractivity contribution in [2.24, 2.45) is 5.92 Å². The van der Waals surface area contributed by atoms with E-state index in [4.69, 9.17) is 14.2 Å². The summed E-state index contributed by atoms with van der Waals surface area (Å²) in [5.41, 5.74) is 0.433. The average molecular weight is 704 g/mol. The minimum Gasteiger partial charge on any atom is -0.465 e. The van der Waals surface area contributed by atoms with Crippen LogP contribution in [0, 0.1) is 5.92 Å². The third kappa shape index (κ3) is 9.42. The lowest BCUT2D eigenvalue weighted by Crippen LogP contribution is -2.50. The maximum Gasteiger partial charge on any atom is 0.416 e. The maximum absolute atomic E-state index is 13.6. The summed E-state index contributed by atoms with van der Waals surface area (Å²) in [5.74, 6) is -2.80. The van der Waals surface area contributed by atoms with Gasteiger partial charge in [-0.1, -0.05) is 86.6 Å².